The molecule has 2 amide bonds. The van der Waals surface area contributed by atoms with Gasteiger partial charge >= 0.3 is 0 Å². The fraction of sp³-hybridized carbons (Fsp3) is 0.875. The van der Waals surface area contributed by atoms with Crippen molar-refractivity contribution in [3.63, 3.8) is 0 Å². The van der Waals surface area contributed by atoms with Crippen LogP contribution in [0.3, 0.4) is 0 Å². The first kappa shape index (κ1) is 16.7. The molecule has 21 heavy (non-hydrogen) atoms. The van der Waals surface area contributed by atoms with Gasteiger partial charge in [-0.2, -0.15) is 11.8 Å². The first-order valence-corrected chi connectivity index (χ1v) is 9.33. The van der Waals surface area contributed by atoms with Crippen molar-refractivity contribution >= 4 is 23.6 Å². The Hall–Kier alpha value is -0.710. The van der Waals surface area contributed by atoms with Crippen LogP contribution in [0.25, 0.3) is 0 Å². The average Bonchev–Trinajstić information content (AvgIpc) is 3.27. The zero-order valence-electron chi connectivity index (χ0n) is 13.6. The highest BCUT2D eigenvalue weighted by atomic mass is 32.2. The monoisotopic (exact) mass is 312 g/mol. The van der Waals surface area contributed by atoms with Gasteiger partial charge in [-0.25, -0.2) is 0 Å². The molecule has 1 N–H and O–H groups in total. The van der Waals surface area contributed by atoms with Crippen molar-refractivity contribution in [1.82, 2.24) is 10.2 Å². The number of amides is 2. The van der Waals surface area contributed by atoms with Gasteiger partial charge in [0, 0.05) is 6.04 Å². The van der Waals surface area contributed by atoms with Gasteiger partial charge in [0.2, 0.25) is 11.8 Å². The van der Waals surface area contributed by atoms with E-state index in [0.29, 0.717) is 12.3 Å². The molecular formula is C16H28N2O2S. The SMILES string of the molecule is CCSCCC(C)N1C(=O)C(C)(C2CC2)NC(=O)C1CC. The second-order valence-electron chi connectivity index (χ2n) is 6.44. The van der Waals surface area contributed by atoms with Crippen LogP contribution in [-0.4, -0.2) is 45.8 Å². The summed E-state index contributed by atoms with van der Waals surface area (Å²) in [6.07, 6.45) is 3.73. The maximum absolute atomic E-state index is 13.0. The molecule has 0 aromatic heterocycles. The third-order valence-corrected chi connectivity index (χ3v) is 5.77. The molecule has 2 fully saturated rings. The third kappa shape index (κ3) is 3.22. The largest absolute Gasteiger partial charge is 0.340 e. The summed E-state index contributed by atoms with van der Waals surface area (Å²) >= 11 is 1.89. The van der Waals surface area contributed by atoms with Gasteiger partial charge in [-0.15, -0.1) is 0 Å². The lowest BCUT2D eigenvalue weighted by molar-refractivity contribution is -0.158. The Labute approximate surface area is 132 Å². The smallest absolute Gasteiger partial charge is 0.249 e. The number of nitrogens with one attached hydrogen (secondary N) is 1. The lowest BCUT2D eigenvalue weighted by Gasteiger charge is -2.47. The molecule has 1 saturated carbocycles. The van der Waals surface area contributed by atoms with Crippen LogP contribution < -0.4 is 5.32 Å². The molecule has 0 aromatic rings. The quantitative estimate of drug-likeness (QED) is 0.735. The molecule has 1 saturated heterocycles. The molecule has 3 unspecified atom stereocenters. The Balaban J connectivity index is 2.16. The van der Waals surface area contributed by atoms with E-state index in [0.717, 1.165) is 30.8 Å². The van der Waals surface area contributed by atoms with Gasteiger partial charge in [0.05, 0.1) is 0 Å². The average molecular weight is 312 g/mol. The summed E-state index contributed by atoms with van der Waals surface area (Å²) in [6, 6.07) is -0.170. The highest BCUT2D eigenvalue weighted by Crippen LogP contribution is 2.43. The highest BCUT2D eigenvalue weighted by Gasteiger charge is 2.55. The van der Waals surface area contributed by atoms with E-state index in [4.69, 9.17) is 0 Å². The summed E-state index contributed by atoms with van der Waals surface area (Å²) in [5.41, 5.74) is -0.672. The molecule has 1 aliphatic carbocycles. The van der Waals surface area contributed by atoms with Crippen LogP contribution in [0.2, 0.25) is 0 Å². The van der Waals surface area contributed by atoms with Gasteiger partial charge in [-0.05, 0) is 57.0 Å². The lowest BCUT2D eigenvalue weighted by Crippen LogP contribution is -2.71. The molecule has 0 bridgehead atoms. The molecular weight excluding hydrogens is 284 g/mol. The van der Waals surface area contributed by atoms with Crippen LogP contribution >= 0.6 is 11.8 Å². The molecule has 4 nitrogen and oxygen atoms in total. The van der Waals surface area contributed by atoms with Crippen molar-refractivity contribution in [3.8, 4) is 0 Å². The predicted octanol–water partition coefficient (Wildman–Crippen LogP) is 2.42. The second-order valence-corrected chi connectivity index (χ2v) is 7.83. The Morgan fingerprint density at radius 2 is 2.05 bits per heavy atom. The second kappa shape index (κ2) is 6.59. The van der Waals surface area contributed by atoms with Crippen LogP contribution in [0.4, 0.5) is 0 Å². The van der Waals surface area contributed by atoms with E-state index in [1.165, 1.54) is 0 Å². The summed E-state index contributed by atoms with van der Waals surface area (Å²) in [4.78, 5) is 27.4. The van der Waals surface area contributed by atoms with Gasteiger partial charge in [-0.3, -0.25) is 9.59 Å². The first-order chi connectivity index (χ1) is 9.95. The molecule has 0 aromatic carbocycles. The maximum Gasteiger partial charge on any atom is 0.249 e. The fourth-order valence-corrected chi connectivity index (χ4v) is 4.09. The van der Waals surface area contributed by atoms with E-state index in [1.54, 1.807) is 0 Å². The minimum absolute atomic E-state index is 0.0292. The lowest BCUT2D eigenvalue weighted by atomic mass is 9.87. The van der Waals surface area contributed by atoms with Gasteiger partial charge in [-0.1, -0.05) is 13.8 Å². The number of nitrogens with zero attached hydrogens (tertiary/aromatic N) is 1. The minimum atomic E-state index is -0.672. The molecule has 2 rings (SSSR count). The first-order valence-electron chi connectivity index (χ1n) is 8.18. The summed E-state index contributed by atoms with van der Waals surface area (Å²) in [6.45, 7) is 8.13. The zero-order chi connectivity index (χ0) is 15.6. The number of hydrogen-bond donors (Lipinski definition) is 1. The van der Waals surface area contributed by atoms with E-state index in [1.807, 2.05) is 30.5 Å². The van der Waals surface area contributed by atoms with Gasteiger partial charge < -0.3 is 10.2 Å². The summed E-state index contributed by atoms with van der Waals surface area (Å²) in [5.74, 6) is 2.62. The van der Waals surface area contributed by atoms with Crippen LogP contribution in [0.5, 0.6) is 0 Å². The minimum Gasteiger partial charge on any atom is -0.340 e. The van der Waals surface area contributed by atoms with Crippen molar-refractivity contribution in [2.45, 2.75) is 71.0 Å². The van der Waals surface area contributed by atoms with E-state index in [9.17, 15) is 9.59 Å². The predicted molar refractivity (Wildman–Crippen MR) is 87.3 cm³/mol. The number of carbonyl (C=O) groups excluding carboxylic acids is 2. The molecule has 1 heterocycles. The Bertz CT molecular complexity index is 411. The fourth-order valence-electron chi connectivity index (χ4n) is 3.29. The molecule has 0 radical (unpaired) electrons. The normalized spacial score (nSPS) is 31.2. The number of carbonyl (C=O) groups is 2. The van der Waals surface area contributed by atoms with E-state index < -0.39 is 5.54 Å². The Kier molecular flexibility index (Phi) is 5.23. The number of hydrogen-bond acceptors (Lipinski definition) is 3. The number of thioether (sulfide) groups is 1. The third-order valence-electron chi connectivity index (χ3n) is 4.84. The van der Waals surface area contributed by atoms with Gasteiger partial charge in [0.25, 0.3) is 0 Å². The van der Waals surface area contributed by atoms with Crippen LogP contribution in [0, 0.1) is 5.92 Å². The van der Waals surface area contributed by atoms with Crippen LogP contribution in [0.1, 0.15) is 53.4 Å². The van der Waals surface area contributed by atoms with E-state index in [-0.39, 0.29) is 23.9 Å². The maximum atomic E-state index is 13.0. The summed E-state index contributed by atoms with van der Waals surface area (Å²) < 4.78 is 0. The van der Waals surface area contributed by atoms with Crippen molar-refractivity contribution in [1.29, 1.82) is 0 Å². The van der Waals surface area contributed by atoms with Gasteiger partial charge in [0.1, 0.15) is 11.6 Å². The summed E-state index contributed by atoms with van der Waals surface area (Å²) in [7, 11) is 0. The molecule has 120 valence electrons. The Morgan fingerprint density at radius 3 is 2.57 bits per heavy atom. The van der Waals surface area contributed by atoms with Crippen molar-refractivity contribution in [2.24, 2.45) is 5.92 Å². The van der Waals surface area contributed by atoms with Crippen molar-refractivity contribution < 1.29 is 9.59 Å². The molecule has 2 aliphatic rings. The standard InChI is InChI=1S/C16H28N2O2S/c1-5-13-14(19)17-16(4,12-7-8-12)15(20)18(13)11(3)9-10-21-6-2/h11-13H,5-10H2,1-4H3,(H,17,19). The van der Waals surface area contributed by atoms with Gasteiger partial charge in [0.15, 0.2) is 0 Å². The molecule has 1 aliphatic heterocycles. The molecule has 5 heteroatoms. The zero-order valence-corrected chi connectivity index (χ0v) is 14.5. The van der Waals surface area contributed by atoms with Crippen molar-refractivity contribution in [3.05, 3.63) is 0 Å². The number of piperazine rings is 1. The Morgan fingerprint density at radius 1 is 1.38 bits per heavy atom. The molecule has 0 spiro atoms. The highest BCUT2D eigenvalue weighted by molar-refractivity contribution is 7.99. The molecule has 3 atom stereocenters. The van der Waals surface area contributed by atoms with Crippen LogP contribution in [0.15, 0.2) is 0 Å². The van der Waals surface area contributed by atoms with Crippen LogP contribution in [-0.2, 0) is 9.59 Å². The number of rotatable bonds is 7. The van der Waals surface area contributed by atoms with E-state index in [2.05, 4.69) is 19.2 Å². The van der Waals surface area contributed by atoms with Crippen molar-refractivity contribution in [2.75, 3.05) is 11.5 Å². The summed E-state index contributed by atoms with van der Waals surface area (Å²) in [5, 5.41) is 3.02. The van der Waals surface area contributed by atoms with E-state index >= 15 is 0 Å². The topological polar surface area (TPSA) is 49.4 Å².